The molecule has 0 fully saturated rings. The fraction of sp³-hybridized carbons (Fsp3) is 0.148. The molecule has 1 atom stereocenters. The van der Waals surface area contributed by atoms with E-state index in [9.17, 15) is 22.8 Å². The molecule has 2 heterocycles. The molecule has 9 nitrogen and oxygen atoms in total. The van der Waals surface area contributed by atoms with E-state index < -0.39 is 20.9 Å². The van der Waals surface area contributed by atoms with Gasteiger partial charge in [0.2, 0.25) is 15.7 Å². The molecule has 2 aliphatic rings. The summed E-state index contributed by atoms with van der Waals surface area (Å²) in [5.41, 5.74) is 3.33. The van der Waals surface area contributed by atoms with Crippen LogP contribution in [0, 0.1) is 0 Å². The first kappa shape index (κ1) is 25.5. The summed E-state index contributed by atoms with van der Waals surface area (Å²) in [6.07, 6.45) is 1.37. The molecule has 3 aromatic carbocycles. The van der Waals surface area contributed by atoms with Gasteiger partial charge in [-0.05, 0) is 60.9 Å². The molecule has 0 radical (unpaired) electrons. The normalized spacial score (nSPS) is 16.4. The maximum Gasteiger partial charge on any atom is 0.368 e. The first-order valence-corrected chi connectivity index (χ1v) is 13.6. The molecule has 0 aliphatic carbocycles. The summed E-state index contributed by atoms with van der Waals surface area (Å²) in [7, 11) is -4.16. The lowest BCUT2D eigenvalue weighted by Gasteiger charge is -2.23. The molecule has 11 heteroatoms. The van der Waals surface area contributed by atoms with Crippen molar-refractivity contribution >= 4 is 61.9 Å². The van der Waals surface area contributed by atoms with Gasteiger partial charge in [-0.15, -0.1) is 11.6 Å². The summed E-state index contributed by atoms with van der Waals surface area (Å²) in [4.78, 5) is 45.3. The predicted molar refractivity (Wildman–Crippen MR) is 146 cm³/mol. The smallest absolute Gasteiger partial charge is 0.325 e. The molecule has 0 aromatic heterocycles. The van der Waals surface area contributed by atoms with Crippen molar-refractivity contribution in [1.29, 1.82) is 0 Å². The average molecular weight is 549 g/mol. The van der Waals surface area contributed by atoms with E-state index in [1.807, 2.05) is 13.0 Å². The monoisotopic (exact) mass is 548 g/mol. The molecule has 0 bridgehead atoms. The van der Waals surface area contributed by atoms with E-state index in [1.165, 1.54) is 6.07 Å². The largest absolute Gasteiger partial charge is 0.368 e. The van der Waals surface area contributed by atoms with Crippen LogP contribution in [0.15, 0.2) is 81.6 Å². The first-order chi connectivity index (χ1) is 18.2. The van der Waals surface area contributed by atoms with E-state index in [1.54, 1.807) is 59.5 Å². The standard InChI is InChI=1S/C27H21ClN4O5S/c1-16-13-20-21(32(16)26(34)18-7-9-19(10-8-18)30-23(33)14-28)11-12-22(25(20)17-5-3-2-4-6-17)38(36,37)24-15-29-27(35)31-24/h2-12,15-16H,13-14H2,1H3,(H,30,33). The van der Waals surface area contributed by atoms with Gasteiger partial charge in [-0.25, -0.2) is 13.2 Å². The van der Waals surface area contributed by atoms with Gasteiger partial charge in [0.05, 0.1) is 11.1 Å². The molecular weight excluding hydrogens is 528 g/mol. The van der Waals surface area contributed by atoms with Crippen LogP contribution in [0.4, 0.5) is 16.2 Å². The van der Waals surface area contributed by atoms with Crippen molar-refractivity contribution in [2.24, 2.45) is 9.98 Å². The van der Waals surface area contributed by atoms with Gasteiger partial charge in [0.1, 0.15) is 5.88 Å². The first-order valence-electron chi connectivity index (χ1n) is 11.6. The van der Waals surface area contributed by atoms with Crippen molar-refractivity contribution in [2.75, 3.05) is 16.1 Å². The number of amides is 4. The Bertz CT molecular complexity index is 1630. The Morgan fingerprint density at radius 1 is 1.05 bits per heavy atom. The highest BCUT2D eigenvalue weighted by molar-refractivity contribution is 8.08. The van der Waals surface area contributed by atoms with E-state index >= 15 is 0 Å². The lowest BCUT2D eigenvalue weighted by molar-refractivity contribution is -0.113. The number of sulfone groups is 1. The third kappa shape index (κ3) is 4.52. The van der Waals surface area contributed by atoms with Crippen LogP contribution in [0.2, 0.25) is 0 Å². The molecule has 0 spiro atoms. The quantitative estimate of drug-likeness (QED) is 0.470. The maximum absolute atomic E-state index is 13.6. The molecule has 3 aromatic rings. The molecule has 5 rings (SSSR count). The Hall–Kier alpha value is -4.15. The second-order valence-electron chi connectivity index (χ2n) is 8.78. The van der Waals surface area contributed by atoms with E-state index in [0.29, 0.717) is 40.0 Å². The number of aliphatic imine (C=N–C) groups is 2. The number of carbonyl (C=O) groups is 3. The van der Waals surface area contributed by atoms with Crippen LogP contribution in [-0.4, -0.2) is 49.4 Å². The van der Waals surface area contributed by atoms with Crippen molar-refractivity contribution in [3.05, 3.63) is 77.9 Å². The number of carbonyl (C=O) groups excluding carboxylic acids is 3. The lowest BCUT2D eigenvalue weighted by atomic mass is 9.97. The average Bonchev–Trinajstić information content (AvgIpc) is 3.51. The van der Waals surface area contributed by atoms with Gasteiger partial charge in [-0.3, -0.25) is 9.59 Å². The molecule has 4 amide bonds. The number of nitrogens with one attached hydrogen (secondary N) is 1. The third-order valence-electron chi connectivity index (χ3n) is 6.32. The summed E-state index contributed by atoms with van der Waals surface area (Å²) in [5.74, 6) is -0.800. The highest BCUT2D eigenvalue weighted by Crippen LogP contribution is 2.43. The van der Waals surface area contributed by atoms with Crippen LogP contribution >= 0.6 is 11.6 Å². The van der Waals surface area contributed by atoms with Crippen LogP contribution < -0.4 is 10.2 Å². The minimum absolute atomic E-state index is 0.0109. The van der Waals surface area contributed by atoms with E-state index in [0.717, 1.165) is 6.21 Å². The van der Waals surface area contributed by atoms with Gasteiger partial charge in [0.25, 0.3) is 5.91 Å². The van der Waals surface area contributed by atoms with Crippen molar-refractivity contribution in [2.45, 2.75) is 24.3 Å². The van der Waals surface area contributed by atoms with E-state index in [4.69, 9.17) is 11.6 Å². The number of rotatable bonds is 5. The number of hydrogen-bond acceptors (Lipinski definition) is 5. The molecule has 38 heavy (non-hydrogen) atoms. The summed E-state index contributed by atoms with van der Waals surface area (Å²) in [5, 5.41) is 2.21. The SMILES string of the molecule is CC1Cc2c(ccc(S(=O)(=O)C3=NC(=O)N=C3)c2-c2ccccc2)N1C(=O)c1ccc(NC(=O)CCl)cc1. The Morgan fingerprint density at radius 3 is 2.39 bits per heavy atom. The zero-order valence-corrected chi connectivity index (χ0v) is 21.7. The minimum atomic E-state index is -4.16. The van der Waals surface area contributed by atoms with Gasteiger partial charge in [-0.2, -0.15) is 9.98 Å². The number of anilines is 2. The topological polar surface area (TPSA) is 125 Å². The number of fused-ring (bicyclic) bond motifs is 1. The van der Waals surface area contributed by atoms with Gasteiger partial charge in [0, 0.05) is 28.5 Å². The number of nitrogens with zero attached hydrogens (tertiary/aromatic N) is 3. The number of halogens is 1. The van der Waals surface area contributed by atoms with Crippen molar-refractivity contribution in [3.63, 3.8) is 0 Å². The van der Waals surface area contributed by atoms with E-state index in [2.05, 4.69) is 15.3 Å². The van der Waals surface area contributed by atoms with Gasteiger partial charge in [-0.1, -0.05) is 30.3 Å². The molecule has 2 aliphatic heterocycles. The molecule has 0 saturated heterocycles. The molecular formula is C27H21ClN4O5S. The van der Waals surface area contributed by atoms with Gasteiger partial charge in [0.15, 0.2) is 5.04 Å². The molecule has 0 saturated carbocycles. The summed E-state index contributed by atoms with van der Waals surface area (Å²) < 4.78 is 27.1. The van der Waals surface area contributed by atoms with Crippen molar-refractivity contribution in [3.8, 4) is 11.1 Å². The molecule has 1 N–H and O–H groups in total. The fourth-order valence-electron chi connectivity index (χ4n) is 4.66. The number of urea groups is 1. The Morgan fingerprint density at radius 2 is 1.76 bits per heavy atom. The van der Waals surface area contributed by atoms with Crippen LogP contribution in [0.1, 0.15) is 22.8 Å². The lowest BCUT2D eigenvalue weighted by Crippen LogP contribution is -2.35. The van der Waals surface area contributed by atoms with Crippen LogP contribution in [0.3, 0.4) is 0 Å². The molecule has 1 unspecified atom stereocenters. The predicted octanol–water partition coefficient (Wildman–Crippen LogP) is 4.50. The summed E-state index contributed by atoms with van der Waals surface area (Å²) in [6.45, 7) is 1.89. The molecule has 192 valence electrons. The van der Waals surface area contributed by atoms with Crippen LogP contribution in [-0.2, 0) is 21.1 Å². The Labute approximate surface area is 223 Å². The van der Waals surface area contributed by atoms with Crippen molar-refractivity contribution in [1.82, 2.24) is 0 Å². The second kappa shape index (κ2) is 9.96. The van der Waals surface area contributed by atoms with Gasteiger partial charge < -0.3 is 10.2 Å². The summed E-state index contributed by atoms with van der Waals surface area (Å²) >= 11 is 5.53. The highest BCUT2D eigenvalue weighted by atomic mass is 35.5. The van der Waals surface area contributed by atoms with Crippen molar-refractivity contribution < 1.29 is 22.8 Å². The Balaban J connectivity index is 1.59. The number of alkyl halides is 1. The summed E-state index contributed by atoms with van der Waals surface area (Å²) in [6, 6.07) is 17.4. The Kier molecular flexibility index (Phi) is 6.68. The van der Waals surface area contributed by atoms with Crippen LogP contribution in [0.5, 0.6) is 0 Å². The zero-order valence-electron chi connectivity index (χ0n) is 20.1. The number of hydrogen-bond donors (Lipinski definition) is 1. The highest BCUT2D eigenvalue weighted by Gasteiger charge is 2.37. The zero-order chi connectivity index (χ0) is 27.0. The van der Waals surface area contributed by atoms with E-state index in [-0.39, 0.29) is 28.6 Å². The fourth-order valence-corrected chi connectivity index (χ4v) is 6.10. The third-order valence-corrected chi connectivity index (χ3v) is 8.23. The number of benzene rings is 3. The second-order valence-corrected chi connectivity index (χ2v) is 10.9. The minimum Gasteiger partial charge on any atom is -0.325 e. The van der Waals surface area contributed by atoms with Gasteiger partial charge >= 0.3 is 6.03 Å². The van der Waals surface area contributed by atoms with Crippen LogP contribution in [0.25, 0.3) is 11.1 Å². The maximum atomic E-state index is 13.6.